The summed E-state index contributed by atoms with van der Waals surface area (Å²) in [6.45, 7) is 8.16. The van der Waals surface area contributed by atoms with E-state index in [-0.39, 0.29) is 0 Å². The van der Waals surface area contributed by atoms with Gasteiger partial charge in [0, 0.05) is 24.6 Å². The molecule has 1 aromatic heterocycles. The quantitative estimate of drug-likeness (QED) is 0.759. The number of thiazole rings is 1. The molecule has 0 saturated heterocycles. The van der Waals surface area contributed by atoms with E-state index in [1.165, 1.54) is 26.7 Å². The molecule has 0 spiro atoms. The van der Waals surface area contributed by atoms with Crippen LogP contribution in [0.5, 0.6) is 0 Å². The minimum absolute atomic E-state index is 0.386. The first kappa shape index (κ1) is 17.1. The highest BCUT2D eigenvalue weighted by Crippen LogP contribution is 2.29. The Labute approximate surface area is 138 Å². The van der Waals surface area contributed by atoms with Crippen molar-refractivity contribution >= 4 is 11.3 Å². The monoisotopic (exact) mass is 318 g/mol. The summed E-state index contributed by atoms with van der Waals surface area (Å²) in [7, 11) is 3.91. The largest absolute Gasteiger partial charge is 0.380 e. The molecule has 1 atom stereocenters. The summed E-state index contributed by atoms with van der Waals surface area (Å²) < 4.78 is 5.16. The predicted octanol–water partition coefficient (Wildman–Crippen LogP) is 4.35. The summed E-state index contributed by atoms with van der Waals surface area (Å²) in [5.41, 5.74) is 3.72. The van der Waals surface area contributed by atoms with Gasteiger partial charge in [0.15, 0.2) is 0 Å². The first-order chi connectivity index (χ1) is 10.5. The number of rotatable bonds is 7. The van der Waals surface area contributed by atoms with Gasteiger partial charge in [-0.15, -0.1) is 11.3 Å². The van der Waals surface area contributed by atoms with Gasteiger partial charge in [0.25, 0.3) is 0 Å². The molecule has 1 heterocycles. The molecule has 120 valence electrons. The molecule has 0 saturated carbocycles. The molecule has 0 fully saturated rings. The normalized spacial score (nSPS) is 12.8. The Hall–Kier alpha value is -1.23. The molecule has 0 aliphatic heterocycles. The summed E-state index contributed by atoms with van der Waals surface area (Å²) in [4.78, 5) is 8.41. The van der Waals surface area contributed by atoms with Crippen LogP contribution in [0.1, 0.15) is 46.6 Å². The molecule has 1 unspecified atom stereocenters. The van der Waals surface area contributed by atoms with E-state index in [0.29, 0.717) is 12.6 Å². The summed E-state index contributed by atoms with van der Waals surface area (Å²) in [5.74, 6) is 0. The van der Waals surface area contributed by atoms with Gasteiger partial charge in [0.2, 0.25) is 0 Å². The summed E-state index contributed by atoms with van der Waals surface area (Å²) in [6, 6.07) is 9.05. The van der Waals surface area contributed by atoms with E-state index in [1.54, 1.807) is 7.11 Å². The summed E-state index contributed by atoms with van der Waals surface area (Å²) in [6.07, 6.45) is 1.02. The van der Waals surface area contributed by atoms with Crippen molar-refractivity contribution in [2.45, 2.75) is 46.4 Å². The van der Waals surface area contributed by atoms with Crippen molar-refractivity contribution in [3.8, 4) is 0 Å². The van der Waals surface area contributed by atoms with Gasteiger partial charge in [-0.25, -0.2) is 4.98 Å². The average molecular weight is 318 g/mol. The molecule has 2 rings (SSSR count). The van der Waals surface area contributed by atoms with Gasteiger partial charge in [-0.3, -0.25) is 4.90 Å². The van der Waals surface area contributed by atoms with Crippen molar-refractivity contribution in [1.29, 1.82) is 0 Å². The SMILES string of the molecule is CCc1nc(C)c(C(C)N(C)Cc2ccc(COC)cc2)s1. The van der Waals surface area contributed by atoms with Gasteiger partial charge in [-0.05, 0) is 38.4 Å². The van der Waals surface area contributed by atoms with Crippen molar-refractivity contribution in [3.63, 3.8) is 0 Å². The van der Waals surface area contributed by atoms with Crippen LogP contribution in [0.25, 0.3) is 0 Å². The Balaban J connectivity index is 2.03. The maximum absolute atomic E-state index is 5.16. The van der Waals surface area contributed by atoms with Crippen LogP contribution in [0.4, 0.5) is 0 Å². The molecule has 2 aromatic rings. The second kappa shape index (κ2) is 7.86. The van der Waals surface area contributed by atoms with Crippen molar-refractivity contribution in [1.82, 2.24) is 9.88 Å². The zero-order valence-electron chi connectivity index (χ0n) is 14.2. The van der Waals surface area contributed by atoms with Crippen molar-refractivity contribution < 1.29 is 4.74 Å². The molecule has 0 radical (unpaired) electrons. The smallest absolute Gasteiger partial charge is 0.0928 e. The summed E-state index contributed by atoms with van der Waals surface area (Å²) in [5, 5.41) is 1.23. The van der Waals surface area contributed by atoms with E-state index in [1.807, 2.05) is 11.3 Å². The maximum atomic E-state index is 5.16. The van der Waals surface area contributed by atoms with Crippen LogP contribution in [0.3, 0.4) is 0 Å². The first-order valence-corrected chi connectivity index (χ1v) is 8.60. The maximum Gasteiger partial charge on any atom is 0.0928 e. The van der Waals surface area contributed by atoms with Crippen molar-refractivity contribution in [2.24, 2.45) is 0 Å². The second-order valence-electron chi connectivity index (χ2n) is 5.75. The number of nitrogens with zero attached hydrogens (tertiary/aromatic N) is 2. The van der Waals surface area contributed by atoms with Gasteiger partial charge in [0.1, 0.15) is 0 Å². The van der Waals surface area contributed by atoms with Gasteiger partial charge in [-0.1, -0.05) is 31.2 Å². The number of aromatic nitrogens is 1. The molecular weight excluding hydrogens is 292 g/mol. The van der Waals surface area contributed by atoms with Crippen LogP contribution < -0.4 is 0 Å². The molecule has 0 aliphatic rings. The minimum Gasteiger partial charge on any atom is -0.380 e. The van der Waals surface area contributed by atoms with E-state index in [9.17, 15) is 0 Å². The second-order valence-corrected chi connectivity index (χ2v) is 6.87. The van der Waals surface area contributed by atoms with Gasteiger partial charge in [-0.2, -0.15) is 0 Å². The average Bonchev–Trinajstić information content (AvgIpc) is 2.90. The van der Waals surface area contributed by atoms with E-state index >= 15 is 0 Å². The lowest BCUT2D eigenvalue weighted by Gasteiger charge is -2.24. The summed E-state index contributed by atoms with van der Waals surface area (Å²) >= 11 is 1.85. The fourth-order valence-electron chi connectivity index (χ4n) is 2.54. The highest BCUT2D eigenvalue weighted by molar-refractivity contribution is 7.11. The van der Waals surface area contributed by atoms with Crippen LogP contribution in [-0.4, -0.2) is 24.0 Å². The number of hydrogen-bond acceptors (Lipinski definition) is 4. The third kappa shape index (κ3) is 4.15. The number of ether oxygens (including phenoxy) is 1. The molecule has 1 aromatic carbocycles. The molecule has 0 bridgehead atoms. The predicted molar refractivity (Wildman–Crippen MR) is 93.3 cm³/mol. The van der Waals surface area contributed by atoms with Crippen LogP contribution in [-0.2, 0) is 24.3 Å². The molecule has 0 aliphatic carbocycles. The minimum atomic E-state index is 0.386. The number of hydrogen-bond donors (Lipinski definition) is 0. The van der Waals surface area contributed by atoms with Gasteiger partial charge in [0.05, 0.1) is 17.3 Å². The lowest BCUT2D eigenvalue weighted by molar-refractivity contribution is 0.185. The Kier molecular flexibility index (Phi) is 6.12. The Morgan fingerprint density at radius 3 is 2.41 bits per heavy atom. The van der Waals surface area contributed by atoms with Crippen LogP contribution in [0.15, 0.2) is 24.3 Å². The number of benzene rings is 1. The third-order valence-electron chi connectivity index (χ3n) is 3.99. The molecule has 3 nitrogen and oxygen atoms in total. The van der Waals surface area contributed by atoms with Crippen molar-refractivity contribution in [3.05, 3.63) is 51.0 Å². The van der Waals surface area contributed by atoms with Crippen LogP contribution >= 0.6 is 11.3 Å². The van der Waals surface area contributed by atoms with Gasteiger partial charge >= 0.3 is 0 Å². The van der Waals surface area contributed by atoms with Gasteiger partial charge < -0.3 is 4.74 Å². The van der Waals surface area contributed by atoms with E-state index < -0.39 is 0 Å². The number of methoxy groups -OCH3 is 1. The molecular formula is C18H26N2OS. The third-order valence-corrected chi connectivity index (χ3v) is 5.46. The Bertz CT molecular complexity index is 592. The molecule has 22 heavy (non-hydrogen) atoms. The fraction of sp³-hybridized carbons (Fsp3) is 0.500. The van der Waals surface area contributed by atoms with E-state index in [4.69, 9.17) is 4.74 Å². The Morgan fingerprint density at radius 1 is 1.23 bits per heavy atom. The first-order valence-electron chi connectivity index (χ1n) is 7.78. The zero-order chi connectivity index (χ0) is 16.1. The highest BCUT2D eigenvalue weighted by Gasteiger charge is 2.18. The fourth-order valence-corrected chi connectivity index (χ4v) is 3.66. The lowest BCUT2D eigenvalue weighted by atomic mass is 10.1. The standard InChI is InChI=1S/C18H26N2OS/c1-6-17-19-13(2)18(22-17)14(3)20(4)11-15-7-9-16(10-8-15)12-21-5/h7-10,14H,6,11-12H2,1-5H3. The zero-order valence-corrected chi connectivity index (χ0v) is 15.0. The van der Waals surface area contributed by atoms with Crippen LogP contribution in [0.2, 0.25) is 0 Å². The van der Waals surface area contributed by atoms with Crippen LogP contribution in [0, 0.1) is 6.92 Å². The van der Waals surface area contributed by atoms with E-state index in [2.05, 4.69) is 62.0 Å². The lowest BCUT2D eigenvalue weighted by Crippen LogP contribution is -2.21. The highest BCUT2D eigenvalue weighted by atomic mass is 32.1. The van der Waals surface area contributed by atoms with Crippen molar-refractivity contribution in [2.75, 3.05) is 14.2 Å². The van der Waals surface area contributed by atoms with E-state index in [0.717, 1.165) is 13.0 Å². The molecule has 4 heteroatoms. The molecule has 0 N–H and O–H groups in total. The Morgan fingerprint density at radius 2 is 1.86 bits per heavy atom. The number of aryl methyl sites for hydroxylation is 2. The molecule has 0 amide bonds. The topological polar surface area (TPSA) is 25.4 Å².